The summed E-state index contributed by atoms with van der Waals surface area (Å²) in [6, 6.07) is 5.87. The second-order valence-electron chi connectivity index (χ2n) is 5.91. The number of nitro benzene ring substituents is 1. The van der Waals surface area contributed by atoms with Gasteiger partial charge >= 0.3 is 5.69 Å². The molecule has 0 spiro atoms. The summed E-state index contributed by atoms with van der Waals surface area (Å²) in [6.45, 7) is -0.209. The van der Waals surface area contributed by atoms with E-state index in [4.69, 9.17) is 0 Å². The van der Waals surface area contributed by atoms with E-state index in [-0.39, 0.29) is 36.0 Å². The molecular weight excluding hydrogens is 370 g/mol. The molecule has 0 radical (unpaired) electrons. The third-order valence-corrected chi connectivity index (χ3v) is 4.13. The van der Waals surface area contributed by atoms with E-state index in [1.165, 1.54) is 47.6 Å². The largest absolute Gasteiger partial charge is 0.395 e. The topological polar surface area (TPSA) is 150 Å². The molecule has 2 heterocycles. The minimum Gasteiger partial charge on any atom is -0.395 e. The fourth-order valence-corrected chi connectivity index (χ4v) is 2.73. The van der Waals surface area contributed by atoms with Crippen LogP contribution in [0.15, 0.2) is 39.0 Å². The number of hydrogen-bond acceptors (Lipinski definition) is 8. The number of anilines is 1. The molecule has 2 N–H and O–H groups in total. The highest BCUT2D eigenvalue weighted by molar-refractivity contribution is 5.81. The van der Waals surface area contributed by atoms with Gasteiger partial charge in [0.05, 0.1) is 17.7 Å². The van der Waals surface area contributed by atoms with E-state index in [0.29, 0.717) is 5.56 Å². The molecule has 146 valence electrons. The molecule has 0 amide bonds. The van der Waals surface area contributed by atoms with Gasteiger partial charge in [0, 0.05) is 38.3 Å². The van der Waals surface area contributed by atoms with E-state index in [1.807, 2.05) is 0 Å². The molecule has 3 aromatic rings. The van der Waals surface area contributed by atoms with E-state index in [0.717, 1.165) is 4.57 Å². The first kappa shape index (κ1) is 19.0. The lowest BCUT2D eigenvalue weighted by Crippen LogP contribution is -2.37. The van der Waals surface area contributed by atoms with Crippen LogP contribution in [0.3, 0.4) is 0 Å². The lowest BCUT2D eigenvalue weighted by atomic mass is 10.2. The Hall–Kier alpha value is -3.80. The summed E-state index contributed by atoms with van der Waals surface area (Å²) in [6.07, 6.45) is 1.35. The number of imidazole rings is 1. The number of aromatic nitrogens is 4. The molecule has 0 saturated carbocycles. The van der Waals surface area contributed by atoms with Gasteiger partial charge < -0.3 is 9.67 Å². The van der Waals surface area contributed by atoms with Gasteiger partial charge in [0.25, 0.3) is 11.2 Å². The molecule has 12 nitrogen and oxygen atoms in total. The van der Waals surface area contributed by atoms with Gasteiger partial charge in [-0.15, -0.1) is 0 Å². The molecule has 2 aromatic heterocycles. The van der Waals surface area contributed by atoms with Crippen LogP contribution in [-0.2, 0) is 20.6 Å². The van der Waals surface area contributed by atoms with Crippen molar-refractivity contribution >= 4 is 29.0 Å². The van der Waals surface area contributed by atoms with E-state index in [2.05, 4.69) is 15.5 Å². The minimum atomic E-state index is -0.547. The lowest BCUT2D eigenvalue weighted by molar-refractivity contribution is -0.384. The summed E-state index contributed by atoms with van der Waals surface area (Å²) in [7, 11) is 2.84. The van der Waals surface area contributed by atoms with E-state index >= 15 is 0 Å². The number of aryl methyl sites for hydroxylation is 1. The molecular formula is C16H17N7O5. The first-order valence-electron chi connectivity index (χ1n) is 8.15. The van der Waals surface area contributed by atoms with Crippen LogP contribution in [0.5, 0.6) is 0 Å². The van der Waals surface area contributed by atoms with Gasteiger partial charge in [-0.25, -0.2) is 10.2 Å². The molecule has 0 aliphatic heterocycles. The van der Waals surface area contributed by atoms with E-state index in [1.54, 1.807) is 6.07 Å². The first-order chi connectivity index (χ1) is 13.3. The summed E-state index contributed by atoms with van der Waals surface area (Å²) in [5.41, 5.74) is 2.28. The number of hydrogen-bond donors (Lipinski definition) is 2. The Kier molecular flexibility index (Phi) is 5.04. The van der Waals surface area contributed by atoms with Crippen molar-refractivity contribution < 1.29 is 10.0 Å². The zero-order valence-corrected chi connectivity index (χ0v) is 15.1. The van der Waals surface area contributed by atoms with Gasteiger partial charge in [0.2, 0.25) is 5.95 Å². The Balaban J connectivity index is 2.02. The zero-order chi connectivity index (χ0) is 20.4. The molecule has 0 aliphatic rings. The molecule has 0 atom stereocenters. The van der Waals surface area contributed by atoms with Crippen LogP contribution in [0, 0.1) is 10.1 Å². The standard InChI is InChI=1S/C16H17N7O5/c1-20-13-12(14(25)21(2)16(20)26)22(6-7-24)15(18-13)19-17-9-10-4-3-5-11(8-10)23(27)28/h3-5,8-9,24H,6-7H2,1-2H3,(H,18,19). The van der Waals surface area contributed by atoms with Crippen molar-refractivity contribution in [3.63, 3.8) is 0 Å². The van der Waals surface area contributed by atoms with Crippen LogP contribution in [0.1, 0.15) is 5.56 Å². The van der Waals surface area contributed by atoms with Crippen LogP contribution < -0.4 is 16.7 Å². The Morgan fingerprint density at radius 2 is 2.07 bits per heavy atom. The Bertz CT molecular complexity index is 1200. The summed E-state index contributed by atoms with van der Waals surface area (Å²) in [5.74, 6) is 0.143. The van der Waals surface area contributed by atoms with Crippen LogP contribution >= 0.6 is 0 Å². The van der Waals surface area contributed by atoms with Crippen molar-refractivity contribution in [2.75, 3.05) is 12.0 Å². The number of non-ortho nitro benzene ring substituents is 1. The quantitative estimate of drug-likeness (QED) is 0.337. The van der Waals surface area contributed by atoms with Crippen molar-refractivity contribution in [1.82, 2.24) is 18.7 Å². The number of nitro groups is 1. The van der Waals surface area contributed by atoms with E-state index < -0.39 is 16.2 Å². The second kappa shape index (κ2) is 7.44. The molecule has 0 fully saturated rings. The molecule has 28 heavy (non-hydrogen) atoms. The molecule has 1 aromatic carbocycles. The van der Waals surface area contributed by atoms with Crippen molar-refractivity contribution in [3.8, 4) is 0 Å². The van der Waals surface area contributed by atoms with Gasteiger partial charge in [-0.1, -0.05) is 12.1 Å². The van der Waals surface area contributed by atoms with Crippen LogP contribution in [0.25, 0.3) is 11.2 Å². The van der Waals surface area contributed by atoms with Gasteiger partial charge in [-0.2, -0.15) is 10.1 Å². The van der Waals surface area contributed by atoms with Crippen LogP contribution in [0.2, 0.25) is 0 Å². The summed E-state index contributed by atoms with van der Waals surface area (Å²) in [4.78, 5) is 39.1. The predicted molar refractivity (Wildman–Crippen MR) is 102 cm³/mol. The smallest absolute Gasteiger partial charge is 0.332 e. The normalized spacial score (nSPS) is 11.4. The van der Waals surface area contributed by atoms with Crippen molar-refractivity contribution in [2.45, 2.75) is 6.54 Å². The van der Waals surface area contributed by atoms with Crippen molar-refractivity contribution in [1.29, 1.82) is 0 Å². The van der Waals surface area contributed by atoms with Gasteiger partial charge in [0.1, 0.15) is 0 Å². The molecule has 0 bridgehead atoms. The number of fused-ring (bicyclic) bond motifs is 1. The molecule has 0 saturated heterocycles. The zero-order valence-electron chi connectivity index (χ0n) is 15.1. The number of nitrogens with zero attached hydrogens (tertiary/aromatic N) is 6. The maximum atomic E-state index is 12.5. The average molecular weight is 387 g/mol. The fourth-order valence-electron chi connectivity index (χ4n) is 2.73. The summed E-state index contributed by atoms with van der Waals surface area (Å²) in [5, 5.41) is 24.2. The van der Waals surface area contributed by atoms with Crippen molar-refractivity contribution in [2.24, 2.45) is 19.2 Å². The highest BCUT2D eigenvalue weighted by Gasteiger charge is 2.18. The van der Waals surface area contributed by atoms with E-state index in [9.17, 15) is 24.8 Å². The van der Waals surface area contributed by atoms with Crippen LogP contribution in [0.4, 0.5) is 11.6 Å². The second-order valence-corrected chi connectivity index (χ2v) is 5.91. The number of aliphatic hydroxyl groups excluding tert-OH is 1. The average Bonchev–Trinajstić information content (AvgIpc) is 3.04. The molecule has 0 aliphatic carbocycles. The molecule has 0 unspecified atom stereocenters. The Morgan fingerprint density at radius 3 is 2.75 bits per heavy atom. The maximum absolute atomic E-state index is 12.5. The van der Waals surface area contributed by atoms with Gasteiger partial charge in [0.15, 0.2) is 11.2 Å². The first-order valence-corrected chi connectivity index (χ1v) is 8.15. The van der Waals surface area contributed by atoms with Gasteiger partial charge in [-0.3, -0.25) is 24.0 Å². The maximum Gasteiger partial charge on any atom is 0.332 e. The number of hydrazone groups is 1. The SMILES string of the molecule is Cn1c(=O)c2c(nc(NN=Cc3cccc([N+](=O)[O-])c3)n2CCO)n(C)c1=O. The third kappa shape index (κ3) is 3.27. The minimum absolute atomic E-state index is 0.0542. The monoisotopic (exact) mass is 387 g/mol. The third-order valence-electron chi connectivity index (χ3n) is 4.13. The molecule has 12 heteroatoms. The van der Waals surface area contributed by atoms with Gasteiger partial charge in [-0.05, 0) is 0 Å². The highest BCUT2D eigenvalue weighted by atomic mass is 16.6. The lowest BCUT2D eigenvalue weighted by Gasteiger charge is -2.07. The number of benzene rings is 1. The predicted octanol–water partition coefficient (Wildman–Crippen LogP) is -0.220. The fraction of sp³-hybridized carbons (Fsp3) is 0.250. The molecule has 3 rings (SSSR count). The van der Waals surface area contributed by atoms with Crippen molar-refractivity contribution in [3.05, 3.63) is 60.8 Å². The Morgan fingerprint density at radius 1 is 1.32 bits per heavy atom. The summed E-state index contributed by atoms with van der Waals surface area (Å²) < 4.78 is 3.59. The number of aliphatic hydroxyl groups is 1. The highest BCUT2D eigenvalue weighted by Crippen LogP contribution is 2.16. The number of nitrogens with one attached hydrogen (secondary N) is 1. The Labute approximate surface area is 157 Å². The number of rotatable bonds is 6. The summed E-state index contributed by atoms with van der Waals surface area (Å²) >= 11 is 0. The van der Waals surface area contributed by atoms with Crippen LogP contribution in [-0.4, -0.2) is 41.5 Å².